The van der Waals surface area contributed by atoms with Gasteiger partial charge < -0.3 is 15.4 Å². The monoisotopic (exact) mass is 302 g/mol. The molecule has 0 aromatic carbocycles. The van der Waals surface area contributed by atoms with E-state index in [1.54, 1.807) is 11.9 Å². The van der Waals surface area contributed by atoms with Gasteiger partial charge in [0.05, 0.1) is 6.61 Å². The van der Waals surface area contributed by atoms with Crippen molar-refractivity contribution in [1.29, 1.82) is 0 Å². The summed E-state index contributed by atoms with van der Waals surface area (Å²) in [7, 11) is 0.612. The molecule has 0 radical (unpaired) electrons. The average molecular weight is 303 g/mol. The van der Waals surface area contributed by atoms with E-state index in [4.69, 9.17) is 10.5 Å². The molecule has 0 aromatic heterocycles. The van der Waals surface area contributed by atoms with Crippen molar-refractivity contribution in [2.24, 2.45) is 11.1 Å². The van der Waals surface area contributed by atoms with Crippen LogP contribution in [0.15, 0.2) is 0 Å². The maximum absolute atomic E-state index is 11.9. The van der Waals surface area contributed by atoms with Crippen LogP contribution in [0, 0.1) is 5.41 Å². The van der Waals surface area contributed by atoms with Crippen LogP contribution >= 0.6 is 0 Å². The Balaban J connectivity index is 4.07. The number of nitrogens with zero attached hydrogens (tertiary/aromatic N) is 1. The third kappa shape index (κ3) is 9.37. The molecule has 0 spiro atoms. The summed E-state index contributed by atoms with van der Waals surface area (Å²) in [4.78, 5) is 13.5. The summed E-state index contributed by atoms with van der Waals surface area (Å²) in [6.45, 7) is 14.5. The first-order chi connectivity index (χ1) is 8.97. The van der Waals surface area contributed by atoms with Crippen LogP contribution in [0.5, 0.6) is 0 Å². The molecule has 4 nitrogen and oxygen atoms in total. The van der Waals surface area contributed by atoms with Gasteiger partial charge in [-0.3, -0.25) is 0 Å². The molecule has 0 saturated carbocycles. The van der Waals surface area contributed by atoms with E-state index < -0.39 is 8.07 Å². The van der Waals surface area contributed by atoms with Crippen molar-refractivity contribution in [2.45, 2.75) is 65.3 Å². The number of hydrogen-bond donors (Lipinski definition) is 1. The highest BCUT2D eigenvalue weighted by Crippen LogP contribution is 2.25. The van der Waals surface area contributed by atoms with Crippen molar-refractivity contribution in [3.8, 4) is 0 Å². The number of carbonyl (C=O) groups excluding carboxylic acids is 1. The lowest BCUT2D eigenvalue weighted by Crippen LogP contribution is -2.41. The largest absolute Gasteiger partial charge is 0.450 e. The number of nitrogens with two attached hydrogens (primary N) is 1. The van der Waals surface area contributed by atoms with Gasteiger partial charge in [-0.2, -0.15) is 0 Å². The van der Waals surface area contributed by atoms with Gasteiger partial charge in [0.2, 0.25) is 0 Å². The maximum atomic E-state index is 11.9. The van der Waals surface area contributed by atoms with Gasteiger partial charge in [-0.05, 0) is 17.9 Å². The van der Waals surface area contributed by atoms with Gasteiger partial charge in [0.15, 0.2) is 0 Å². The van der Waals surface area contributed by atoms with Crippen LogP contribution < -0.4 is 5.73 Å². The second-order valence-electron chi connectivity index (χ2n) is 7.79. The van der Waals surface area contributed by atoms with E-state index in [9.17, 15) is 4.79 Å². The van der Waals surface area contributed by atoms with E-state index in [1.807, 2.05) is 0 Å². The summed E-state index contributed by atoms with van der Waals surface area (Å²) in [5.74, 6) is 0. The molecule has 0 bridgehead atoms. The summed E-state index contributed by atoms with van der Waals surface area (Å²) >= 11 is 0. The number of hydrogen-bond acceptors (Lipinski definition) is 3. The molecule has 0 aliphatic heterocycles. The fourth-order valence-electron chi connectivity index (χ4n) is 1.90. The molecule has 0 heterocycles. The lowest BCUT2D eigenvalue weighted by Gasteiger charge is -2.29. The molecule has 0 saturated heterocycles. The van der Waals surface area contributed by atoms with Crippen LogP contribution in [0.25, 0.3) is 0 Å². The SMILES string of the molecule is CCC(C)(C)C[C@H](N)CN(C)C(=O)OCC[Si](C)(C)C. The summed E-state index contributed by atoms with van der Waals surface area (Å²) in [6, 6.07) is 1.00. The minimum Gasteiger partial charge on any atom is -0.450 e. The molecule has 20 heavy (non-hydrogen) atoms. The Hall–Kier alpha value is -0.553. The van der Waals surface area contributed by atoms with Crippen LogP contribution in [0.1, 0.15) is 33.6 Å². The predicted molar refractivity (Wildman–Crippen MR) is 88.8 cm³/mol. The van der Waals surface area contributed by atoms with Crippen molar-refractivity contribution in [3.63, 3.8) is 0 Å². The first-order valence-electron chi connectivity index (χ1n) is 7.60. The number of rotatable bonds is 8. The van der Waals surface area contributed by atoms with E-state index in [0.717, 1.165) is 18.9 Å². The Labute approximate surface area is 126 Å². The van der Waals surface area contributed by atoms with Crippen molar-refractivity contribution < 1.29 is 9.53 Å². The van der Waals surface area contributed by atoms with Crippen molar-refractivity contribution in [1.82, 2.24) is 4.90 Å². The second kappa shape index (κ2) is 8.03. The Morgan fingerprint density at radius 1 is 1.35 bits per heavy atom. The zero-order chi connectivity index (χ0) is 16.0. The van der Waals surface area contributed by atoms with E-state index in [0.29, 0.717) is 13.2 Å². The van der Waals surface area contributed by atoms with Gasteiger partial charge in [-0.1, -0.05) is 46.8 Å². The highest BCUT2D eigenvalue weighted by atomic mass is 28.3. The number of ether oxygens (including phenoxy) is 1. The van der Waals surface area contributed by atoms with Gasteiger partial charge in [0.25, 0.3) is 0 Å². The van der Waals surface area contributed by atoms with Crippen LogP contribution in [0.2, 0.25) is 25.7 Å². The maximum Gasteiger partial charge on any atom is 0.409 e. The molecule has 5 heteroatoms. The van der Waals surface area contributed by atoms with Crippen LogP contribution in [-0.4, -0.2) is 45.3 Å². The highest BCUT2D eigenvalue weighted by Gasteiger charge is 2.22. The number of amides is 1. The third-order valence-corrected chi connectivity index (χ3v) is 5.37. The topological polar surface area (TPSA) is 55.6 Å². The molecule has 1 atom stereocenters. The zero-order valence-electron chi connectivity index (χ0n) is 14.5. The van der Waals surface area contributed by atoms with E-state index in [2.05, 4.69) is 40.4 Å². The fraction of sp³-hybridized carbons (Fsp3) is 0.933. The van der Waals surface area contributed by atoms with Gasteiger partial charge in [-0.15, -0.1) is 0 Å². The second-order valence-corrected chi connectivity index (χ2v) is 13.4. The van der Waals surface area contributed by atoms with Gasteiger partial charge in [-0.25, -0.2) is 4.79 Å². The normalized spacial score (nSPS) is 14.0. The molecule has 2 N–H and O–H groups in total. The minimum atomic E-state index is -1.15. The molecule has 1 amide bonds. The summed E-state index contributed by atoms with van der Waals surface area (Å²) in [5, 5.41) is 0. The lowest BCUT2D eigenvalue weighted by molar-refractivity contribution is 0.111. The summed E-state index contributed by atoms with van der Waals surface area (Å²) in [6.07, 6.45) is 1.74. The summed E-state index contributed by atoms with van der Waals surface area (Å²) in [5.41, 5.74) is 6.35. The van der Waals surface area contributed by atoms with Crippen molar-refractivity contribution in [3.05, 3.63) is 0 Å². The van der Waals surface area contributed by atoms with Crippen molar-refractivity contribution >= 4 is 14.2 Å². The lowest BCUT2D eigenvalue weighted by atomic mass is 9.83. The molecule has 0 aromatic rings. The van der Waals surface area contributed by atoms with E-state index >= 15 is 0 Å². The van der Waals surface area contributed by atoms with Crippen molar-refractivity contribution in [2.75, 3.05) is 20.2 Å². The fourth-order valence-corrected chi connectivity index (χ4v) is 2.61. The van der Waals surface area contributed by atoms with E-state index in [-0.39, 0.29) is 17.6 Å². The minimum absolute atomic E-state index is 0.000471. The average Bonchev–Trinajstić information content (AvgIpc) is 2.26. The summed E-state index contributed by atoms with van der Waals surface area (Å²) < 4.78 is 5.30. The van der Waals surface area contributed by atoms with Crippen LogP contribution in [-0.2, 0) is 4.74 Å². The van der Waals surface area contributed by atoms with Crippen LogP contribution in [0.3, 0.4) is 0 Å². The molecular formula is C15H34N2O2Si. The van der Waals surface area contributed by atoms with Crippen LogP contribution in [0.4, 0.5) is 4.79 Å². The Morgan fingerprint density at radius 2 is 1.90 bits per heavy atom. The van der Waals surface area contributed by atoms with Gasteiger partial charge in [0.1, 0.15) is 0 Å². The Morgan fingerprint density at radius 3 is 2.35 bits per heavy atom. The standard InChI is InChI=1S/C15H34N2O2Si/c1-8-15(2,3)11-13(16)12-17(4)14(18)19-9-10-20(5,6)7/h13H,8-12,16H2,1-7H3/t13-/m0/s1. The molecule has 0 aliphatic rings. The number of carbonyl (C=O) groups is 1. The molecule has 0 aliphatic carbocycles. The third-order valence-electron chi connectivity index (χ3n) is 3.67. The first-order valence-corrected chi connectivity index (χ1v) is 11.3. The molecule has 120 valence electrons. The molecular weight excluding hydrogens is 268 g/mol. The van der Waals surface area contributed by atoms with E-state index in [1.165, 1.54) is 0 Å². The Bertz CT molecular complexity index is 301. The molecule has 0 unspecified atom stereocenters. The molecule has 0 fully saturated rings. The van der Waals surface area contributed by atoms with Gasteiger partial charge >= 0.3 is 6.09 Å². The smallest absolute Gasteiger partial charge is 0.409 e. The quantitative estimate of drug-likeness (QED) is 0.698. The molecule has 0 rings (SSSR count). The predicted octanol–water partition coefficient (Wildman–Crippen LogP) is 3.55. The number of likely N-dealkylation sites (N-methyl/N-ethyl adjacent to an activating group) is 1. The highest BCUT2D eigenvalue weighted by molar-refractivity contribution is 6.76. The first kappa shape index (κ1) is 19.4. The zero-order valence-corrected chi connectivity index (χ0v) is 15.5. The van der Waals surface area contributed by atoms with Gasteiger partial charge in [0, 0.05) is 27.7 Å². The Kier molecular flexibility index (Phi) is 7.81.